The number of hydrogen-bond acceptors (Lipinski definition) is 3. The summed E-state index contributed by atoms with van der Waals surface area (Å²) >= 11 is 0. The molecule has 0 radical (unpaired) electrons. The Kier molecular flexibility index (Phi) is 4.08. The zero-order valence-corrected chi connectivity index (χ0v) is 11.4. The van der Waals surface area contributed by atoms with E-state index in [1.807, 2.05) is 0 Å². The average Bonchev–Trinajstić information content (AvgIpc) is 2.75. The molecule has 8 heteroatoms. The predicted octanol–water partition coefficient (Wildman–Crippen LogP) is 1.65. The Bertz CT molecular complexity index is 590. The van der Waals surface area contributed by atoms with E-state index < -0.39 is 37.9 Å². The first kappa shape index (κ1) is 15.3. The molecule has 1 aliphatic rings. The molecule has 1 aromatic carbocycles. The first-order valence-electron chi connectivity index (χ1n) is 6.18. The van der Waals surface area contributed by atoms with E-state index in [1.165, 1.54) is 0 Å². The van der Waals surface area contributed by atoms with Gasteiger partial charge >= 0.3 is 0 Å². The third-order valence-corrected chi connectivity index (χ3v) is 5.16. The van der Waals surface area contributed by atoms with E-state index in [4.69, 9.17) is 5.73 Å². The van der Waals surface area contributed by atoms with Crippen molar-refractivity contribution in [1.82, 2.24) is 4.72 Å². The van der Waals surface area contributed by atoms with Crippen LogP contribution in [-0.2, 0) is 10.0 Å². The van der Waals surface area contributed by atoms with Crippen molar-refractivity contribution < 1.29 is 21.6 Å². The number of nitrogens with one attached hydrogen (secondary N) is 1. The molecule has 0 heterocycles. The van der Waals surface area contributed by atoms with Crippen molar-refractivity contribution in [3.63, 3.8) is 0 Å². The molecule has 3 N–H and O–H groups in total. The summed E-state index contributed by atoms with van der Waals surface area (Å²) in [4.78, 5) is -1.17. The van der Waals surface area contributed by atoms with Crippen LogP contribution in [0.2, 0.25) is 0 Å². The molecule has 0 spiro atoms. The Morgan fingerprint density at radius 3 is 2.10 bits per heavy atom. The van der Waals surface area contributed by atoms with Gasteiger partial charge in [-0.25, -0.2) is 26.3 Å². The number of hydrogen-bond donors (Lipinski definition) is 2. The summed E-state index contributed by atoms with van der Waals surface area (Å²) in [6, 6.07) is 0.669. The Morgan fingerprint density at radius 1 is 1.15 bits per heavy atom. The van der Waals surface area contributed by atoms with Gasteiger partial charge in [-0.1, -0.05) is 12.8 Å². The van der Waals surface area contributed by atoms with Crippen molar-refractivity contribution in [1.29, 1.82) is 0 Å². The van der Waals surface area contributed by atoms with E-state index in [9.17, 15) is 21.6 Å². The first-order chi connectivity index (χ1) is 9.30. The molecule has 1 aromatic rings. The van der Waals surface area contributed by atoms with Gasteiger partial charge < -0.3 is 5.73 Å². The monoisotopic (exact) mass is 308 g/mol. The number of benzene rings is 1. The molecule has 0 aliphatic heterocycles. The van der Waals surface area contributed by atoms with Crippen molar-refractivity contribution in [3.05, 3.63) is 29.6 Å². The highest BCUT2D eigenvalue weighted by Gasteiger charge is 2.38. The molecule has 0 aromatic heterocycles. The Hall–Kier alpha value is -1.12. The highest BCUT2D eigenvalue weighted by molar-refractivity contribution is 7.89. The topological polar surface area (TPSA) is 72.2 Å². The van der Waals surface area contributed by atoms with E-state index in [1.54, 1.807) is 0 Å². The molecule has 1 saturated carbocycles. The first-order valence-corrected chi connectivity index (χ1v) is 7.67. The second-order valence-corrected chi connectivity index (χ2v) is 6.61. The summed E-state index contributed by atoms with van der Waals surface area (Å²) < 4.78 is 66.5. The highest BCUT2D eigenvalue weighted by Crippen LogP contribution is 2.31. The van der Waals surface area contributed by atoms with Crippen LogP contribution in [0.3, 0.4) is 0 Å². The van der Waals surface area contributed by atoms with Gasteiger partial charge in [-0.2, -0.15) is 0 Å². The predicted molar refractivity (Wildman–Crippen MR) is 66.9 cm³/mol. The van der Waals surface area contributed by atoms with Crippen LogP contribution in [0.4, 0.5) is 13.2 Å². The quantitative estimate of drug-likeness (QED) is 0.888. The molecule has 112 valence electrons. The lowest BCUT2D eigenvalue weighted by Crippen LogP contribution is -2.51. The van der Waals surface area contributed by atoms with Crippen LogP contribution in [0, 0.1) is 17.5 Å². The molecule has 20 heavy (non-hydrogen) atoms. The van der Waals surface area contributed by atoms with E-state index in [2.05, 4.69) is 4.72 Å². The minimum absolute atomic E-state index is 0.0384. The normalized spacial score (nSPS) is 18.4. The van der Waals surface area contributed by atoms with E-state index in [-0.39, 0.29) is 6.54 Å². The van der Waals surface area contributed by atoms with Crippen LogP contribution < -0.4 is 10.5 Å². The maximum atomic E-state index is 13.6. The minimum atomic E-state index is -4.44. The SMILES string of the molecule is NCC1(NS(=O)(=O)c2c(F)cc(F)cc2F)CCCC1. The second-order valence-electron chi connectivity index (χ2n) is 5.00. The van der Waals surface area contributed by atoms with Crippen LogP contribution >= 0.6 is 0 Å². The molecule has 0 atom stereocenters. The van der Waals surface area contributed by atoms with E-state index in [0.29, 0.717) is 25.0 Å². The third kappa shape index (κ3) is 2.82. The van der Waals surface area contributed by atoms with Gasteiger partial charge in [0.25, 0.3) is 0 Å². The van der Waals surface area contributed by atoms with Gasteiger partial charge in [-0.05, 0) is 12.8 Å². The molecule has 4 nitrogen and oxygen atoms in total. The lowest BCUT2D eigenvalue weighted by atomic mass is 10.0. The lowest BCUT2D eigenvalue weighted by Gasteiger charge is -2.28. The summed E-state index contributed by atoms with van der Waals surface area (Å²) in [6.45, 7) is 0.0384. The van der Waals surface area contributed by atoms with Gasteiger partial charge in [0, 0.05) is 24.2 Å². The molecule has 2 rings (SSSR count). The molecule has 0 amide bonds. The average molecular weight is 308 g/mol. The molecule has 0 unspecified atom stereocenters. The summed E-state index contributed by atoms with van der Waals surface area (Å²) in [5.41, 5.74) is 4.70. The molecular formula is C12H15F3N2O2S. The minimum Gasteiger partial charge on any atom is -0.329 e. The second kappa shape index (κ2) is 5.34. The number of nitrogens with two attached hydrogens (primary N) is 1. The Morgan fingerprint density at radius 2 is 1.65 bits per heavy atom. The molecule has 1 fully saturated rings. The van der Waals surface area contributed by atoms with Gasteiger partial charge in [0.1, 0.15) is 17.5 Å². The van der Waals surface area contributed by atoms with E-state index in [0.717, 1.165) is 12.8 Å². The van der Waals surface area contributed by atoms with Crippen LogP contribution in [0.1, 0.15) is 25.7 Å². The highest BCUT2D eigenvalue weighted by atomic mass is 32.2. The van der Waals surface area contributed by atoms with Crippen molar-refractivity contribution in [2.75, 3.05) is 6.54 Å². The standard InChI is InChI=1S/C12H15F3N2O2S/c13-8-5-9(14)11(10(15)6-8)20(18,19)17-12(7-16)3-1-2-4-12/h5-6,17H,1-4,7,16H2. The summed E-state index contributed by atoms with van der Waals surface area (Å²) in [5.74, 6) is -4.09. The van der Waals surface area contributed by atoms with Gasteiger partial charge in [0.2, 0.25) is 10.0 Å². The maximum Gasteiger partial charge on any atom is 0.246 e. The third-order valence-electron chi connectivity index (χ3n) is 3.53. The van der Waals surface area contributed by atoms with Gasteiger partial charge in [-0.3, -0.25) is 0 Å². The number of sulfonamides is 1. The summed E-state index contributed by atoms with van der Waals surface area (Å²) in [5, 5.41) is 0. The zero-order chi connectivity index (χ0) is 15.0. The lowest BCUT2D eigenvalue weighted by molar-refractivity contribution is 0.395. The number of rotatable bonds is 4. The molecular weight excluding hydrogens is 293 g/mol. The zero-order valence-electron chi connectivity index (χ0n) is 10.6. The van der Waals surface area contributed by atoms with Gasteiger partial charge in [0.05, 0.1) is 0 Å². The number of halogens is 3. The van der Waals surface area contributed by atoms with Crippen LogP contribution in [0.5, 0.6) is 0 Å². The molecule has 0 saturated heterocycles. The summed E-state index contributed by atoms with van der Waals surface area (Å²) in [7, 11) is -4.44. The van der Waals surface area contributed by atoms with E-state index >= 15 is 0 Å². The smallest absolute Gasteiger partial charge is 0.246 e. The Balaban J connectivity index is 2.41. The summed E-state index contributed by atoms with van der Waals surface area (Å²) in [6.07, 6.45) is 2.59. The van der Waals surface area contributed by atoms with Crippen LogP contribution in [0.15, 0.2) is 17.0 Å². The van der Waals surface area contributed by atoms with Crippen molar-refractivity contribution >= 4 is 10.0 Å². The fourth-order valence-corrected chi connectivity index (χ4v) is 4.11. The van der Waals surface area contributed by atoms with Gasteiger partial charge in [0.15, 0.2) is 4.90 Å². The fourth-order valence-electron chi connectivity index (χ4n) is 2.52. The van der Waals surface area contributed by atoms with Crippen molar-refractivity contribution in [3.8, 4) is 0 Å². The van der Waals surface area contributed by atoms with Crippen molar-refractivity contribution in [2.45, 2.75) is 36.1 Å². The van der Waals surface area contributed by atoms with Gasteiger partial charge in [-0.15, -0.1) is 0 Å². The molecule has 0 bridgehead atoms. The van der Waals surface area contributed by atoms with Crippen molar-refractivity contribution in [2.24, 2.45) is 5.73 Å². The molecule has 1 aliphatic carbocycles. The largest absolute Gasteiger partial charge is 0.329 e. The van der Waals surface area contributed by atoms with Crippen LogP contribution in [0.25, 0.3) is 0 Å². The fraction of sp³-hybridized carbons (Fsp3) is 0.500. The maximum absolute atomic E-state index is 13.6. The Labute approximate surface area is 115 Å². The van der Waals surface area contributed by atoms with Crippen LogP contribution in [-0.4, -0.2) is 20.5 Å².